The van der Waals surface area contributed by atoms with E-state index in [1.54, 1.807) is 12.1 Å². The Morgan fingerprint density at radius 3 is 2.46 bits per heavy atom. The number of hydrogen-bond acceptors (Lipinski definition) is 4. The summed E-state index contributed by atoms with van der Waals surface area (Å²) in [6.45, 7) is 2.17. The van der Waals surface area contributed by atoms with Gasteiger partial charge >= 0.3 is 0 Å². The zero-order valence-corrected chi connectivity index (χ0v) is 13.8. The average molecular weight is 326 g/mol. The second-order valence-electron chi connectivity index (χ2n) is 5.90. The number of ether oxygens (including phenoxy) is 1. The molecule has 0 bridgehead atoms. The molecule has 1 aliphatic rings. The van der Waals surface area contributed by atoms with Crippen molar-refractivity contribution in [3.8, 4) is 11.5 Å². The van der Waals surface area contributed by atoms with Crippen LogP contribution < -0.4 is 15.0 Å². The SMILES string of the molecule is COc1cccc(O)c1C(=O)Nc1ccc(N2CCCCC2)cc1. The number of rotatable bonds is 4. The Balaban J connectivity index is 1.73. The van der Waals surface area contributed by atoms with Gasteiger partial charge in [0.05, 0.1) is 7.11 Å². The number of carbonyl (C=O) groups is 1. The molecule has 1 saturated heterocycles. The Labute approximate surface area is 141 Å². The van der Waals surface area contributed by atoms with Gasteiger partial charge in [0.25, 0.3) is 5.91 Å². The third-order valence-corrected chi connectivity index (χ3v) is 4.30. The molecule has 2 aromatic rings. The minimum Gasteiger partial charge on any atom is -0.507 e. The zero-order chi connectivity index (χ0) is 16.9. The van der Waals surface area contributed by atoms with Crippen LogP contribution in [0.5, 0.6) is 11.5 Å². The highest BCUT2D eigenvalue weighted by Crippen LogP contribution is 2.28. The summed E-state index contributed by atoms with van der Waals surface area (Å²) in [5.41, 5.74) is 2.00. The molecule has 0 atom stereocenters. The first-order valence-electron chi connectivity index (χ1n) is 8.21. The molecule has 1 amide bonds. The Morgan fingerprint density at radius 1 is 1.08 bits per heavy atom. The lowest BCUT2D eigenvalue weighted by Gasteiger charge is -2.28. The summed E-state index contributed by atoms with van der Waals surface area (Å²) in [4.78, 5) is 14.8. The van der Waals surface area contributed by atoms with Gasteiger partial charge in [-0.2, -0.15) is 0 Å². The molecular formula is C19H22N2O3. The molecule has 24 heavy (non-hydrogen) atoms. The number of nitrogens with one attached hydrogen (secondary N) is 1. The first-order valence-corrected chi connectivity index (χ1v) is 8.21. The maximum atomic E-state index is 12.4. The molecule has 0 aliphatic carbocycles. The molecule has 0 saturated carbocycles. The number of aromatic hydroxyl groups is 1. The Kier molecular flexibility index (Phi) is 4.89. The molecule has 0 spiro atoms. The van der Waals surface area contributed by atoms with Crippen molar-refractivity contribution in [2.24, 2.45) is 0 Å². The molecule has 1 heterocycles. The molecule has 1 fully saturated rings. The minimum atomic E-state index is -0.393. The number of methoxy groups -OCH3 is 1. The van der Waals surface area contributed by atoms with Crippen molar-refractivity contribution < 1.29 is 14.6 Å². The van der Waals surface area contributed by atoms with E-state index in [1.165, 1.54) is 38.1 Å². The molecular weight excluding hydrogens is 304 g/mol. The van der Waals surface area contributed by atoms with Crippen molar-refractivity contribution >= 4 is 17.3 Å². The predicted molar refractivity (Wildman–Crippen MR) is 95.1 cm³/mol. The zero-order valence-electron chi connectivity index (χ0n) is 13.8. The predicted octanol–water partition coefficient (Wildman–Crippen LogP) is 3.64. The molecule has 2 N–H and O–H groups in total. The number of amides is 1. The van der Waals surface area contributed by atoms with Crippen molar-refractivity contribution in [1.29, 1.82) is 0 Å². The van der Waals surface area contributed by atoms with Crippen LogP contribution in [0.15, 0.2) is 42.5 Å². The van der Waals surface area contributed by atoms with E-state index < -0.39 is 5.91 Å². The minimum absolute atomic E-state index is 0.100. The number of nitrogens with zero attached hydrogens (tertiary/aromatic N) is 1. The number of benzene rings is 2. The van der Waals surface area contributed by atoms with E-state index in [-0.39, 0.29) is 11.3 Å². The fraction of sp³-hybridized carbons (Fsp3) is 0.316. The highest BCUT2D eigenvalue weighted by atomic mass is 16.5. The van der Waals surface area contributed by atoms with Crippen LogP contribution in [0.4, 0.5) is 11.4 Å². The lowest BCUT2D eigenvalue weighted by Crippen LogP contribution is -2.29. The van der Waals surface area contributed by atoms with Gasteiger partial charge in [-0.15, -0.1) is 0 Å². The quantitative estimate of drug-likeness (QED) is 0.900. The van der Waals surface area contributed by atoms with Gasteiger partial charge in [-0.25, -0.2) is 0 Å². The lowest BCUT2D eigenvalue weighted by molar-refractivity contribution is 0.102. The van der Waals surface area contributed by atoms with Crippen LogP contribution in [0, 0.1) is 0 Å². The van der Waals surface area contributed by atoms with E-state index in [1.807, 2.05) is 24.3 Å². The van der Waals surface area contributed by atoms with Crippen molar-refractivity contribution in [3.63, 3.8) is 0 Å². The van der Waals surface area contributed by atoms with E-state index in [2.05, 4.69) is 10.2 Å². The topological polar surface area (TPSA) is 61.8 Å². The van der Waals surface area contributed by atoms with E-state index >= 15 is 0 Å². The van der Waals surface area contributed by atoms with Crippen LogP contribution in [0.2, 0.25) is 0 Å². The summed E-state index contributed by atoms with van der Waals surface area (Å²) in [5, 5.41) is 12.7. The Morgan fingerprint density at radius 2 is 1.79 bits per heavy atom. The standard InChI is InChI=1S/C19H22N2O3/c1-24-17-7-5-6-16(22)18(17)19(23)20-14-8-10-15(11-9-14)21-12-3-2-4-13-21/h5-11,22H,2-4,12-13H2,1H3,(H,20,23). The Bertz CT molecular complexity index is 707. The van der Waals surface area contributed by atoms with Crippen LogP contribution in [0.1, 0.15) is 29.6 Å². The van der Waals surface area contributed by atoms with E-state index in [0.29, 0.717) is 11.4 Å². The number of carbonyl (C=O) groups excluding carboxylic acids is 1. The molecule has 0 unspecified atom stereocenters. The summed E-state index contributed by atoms with van der Waals surface area (Å²) in [7, 11) is 1.47. The number of hydrogen-bond donors (Lipinski definition) is 2. The fourth-order valence-corrected chi connectivity index (χ4v) is 3.02. The molecule has 126 valence electrons. The molecule has 0 aromatic heterocycles. The van der Waals surface area contributed by atoms with Gasteiger partial charge < -0.3 is 20.1 Å². The second kappa shape index (κ2) is 7.25. The first-order chi connectivity index (χ1) is 11.7. The average Bonchev–Trinajstić information content (AvgIpc) is 2.62. The molecule has 5 heteroatoms. The number of phenolic OH excluding ortho intramolecular Hbond substituents is 1. The van der Waals surface area contributed by atoms with Crippen molar-refractivity contribution in [3.05, 3.63) is 48.0 Å². The summed E-state index contributed by atoms with van der Waals surface area (Å²) in [6.07, 6.45) is 3.75. The fourth-order valence-electron chi connectivity index (χ4n) is 3.02. The van der Waals surface area contributed by atoms with E-state index in [4.69, 9.17) is 4.74 Å². The van der Waals surface area contributed by atoms with E-state index in [9.17, 15) is 9.90 Å². The Hall–Kier alpha value is -2.69. The summed E-state index contributed by atoms with van der Waals surface area (Å²) in [6, 6.07) is 12.6. The van der Waals surface area contributed by atoms with Crippen LogP contribution in [-0.2, 0) is 0 Å². The highest BCUT2D eigenvalue weighted by Gasteiger charge is 2.17. The van der Waals surface area contributed by atoms with Gasteiger partial charge in [0.2, 0.25) is 0 Å². The van der Waals surface area contributed by atoms with Gasteiger partial charge in [0, 0.05) is 24.5 Å². The number of phenols is 1. The van der Waals surface area contributed by atoms with Gasteiger partial charge in [0.15, 0.2) is 0 Å². The van der Waals surface area contributed by atoms with Gasteiger partial charge in [-0.3, -0.25) is 4.79 Å². The molecule has 2 aromatic carbocycles. The summed E-state index contributed by atoms with van der Waals surface area (Å²) >= 11 is 0. The van der Waals surface area contributed by atoms with Crippen molar-refractivity contribution in [1.82, 2.24) is 0 Å². The number of anilines is 2. The van der Waals surface area contributed by atoms with Crippen molar-refractivity contribution in [2.45, 2.75) is 19.3 Å². The summed E-state index contributed by atoms with van der Waals surface area (Å²) < 4.78 is 5.16. The third kappa shape index (κ3) is 3.45. The van der Waals surface area contributed by atoms with Crippen molar-refractivity contribution in [2.75, 3.05) is 30.4 Å². The molecule has 1 aliphatic heterocycles. The third-order valence-electron chi connectivity index (χ3n) is 4.30. The lowest BCUT2D eigenvalue weighted by atomic mass is 10.1. The van der Waals surface area contributed by atoms with E-state index in [0.717, 1.165) is 13.1 Å². The molecule has 5 nitrogen and oxygen atoms in total. The van der Waals surface area contributed by atoms with Gasteiger partial charge in [-0.05, 0) is 55.7 Å². The normalized spacial score (nSPS) is 14.3. The van der Waals surface area contributed by atoms with Crippen LogP contribution >= 0.6 is 0 Å². The highest BCUT2D eigenvalue weighted by molar-refractivity contribution is 6.08. The van der Waals surface area contributed by atoms with Crippen LogP contribution in [0.3, 0.4) is 0 Å². The molecule has 0 radical (unpaired) electrons. The van der Waals surface area contributed by atoms with Crippen LogP contribution in [-0.4, -0.2) is 31.2 Å². The largest absolute Gasteiger partial charge is 0.507 e. The van der Waals surface area contributed by atoms with Gasteiger partial charge in [-0.1, -0.05) is 6.07 Å². The molecule has 3 rings (SSSR count). The van der Waals surface area contributed by atoms with Gasteiger partial charge in [0.1, 0.15) is 17.1 Å². The maximum Gasteiger partial charge on any atom is 0.263 e. The van der Waals surface area contributed by atoms with Crippen LogP contribution in [0.25, 0.3) is 0 Å². The first kappa shape index (κ1) is 16.2. The second-order valence-corrected chi connectivity index (χ2v) is 5.90. The smallest absolute Gasteiger partial charge is 0.263 e. The monoisotopic (exact) mass is 326 g/mol. The maximum absolute atomic E-state index is 12.4. The summed E-state index contributed by atoms with van der Waals surface area (Å²) in [5.74, 6) is -0.148. The number of piperidine rings is 1.